The van der Waals surface area contributed by atoms with Crippen molar-refractivity contribution in [1.82, 2.24) is 0 Å². The van der Waals surface area contributed by atoms with Crippen LogP contribution in [0.3, 0.4) is 0 Å². The smallest absolute Gasteiger partial charge is 0.255 e. The Bertz CT molecular complexity index is 638. The van der Waals surface area contributed by atoms with Gasteiger partial charge in [-0.15, -0.1) is 0 Å². The van der Waals surface area contributed by atoms with Gasteiger partial charge in [-0.05, 0) is 36.8 Å². The molecule has 0 saturated carbocycles. The second-order valence-electron chi connectivity index (χ2n) is 4.16. The minimum atomic E-state index is -0.193. The molecule has 1 amide bonds. The van der Waals surface area contributed by atoms with E-state index in [-0.39, 0.29) is 5.91 Å². The van der Waals surface area contributed by atoms with Crippen LogP contribution in [0.1, 0.15) is 26.3 Å². The number of anilines is 1. The van der Waals surface area contributed by atoms with Crippen molar-refractivity contribution in [2.24, 2.45) is 0 Å². The van der Waals surface area contributed by atoms with Gasteiger partial charge in [-0.2, -0.15) is 0 Å². The number of benzene rings is 2. The molecule has 2 rings (SSSR count). The minimum Gasteiger partial charge on any atom is -0.322 e. The Morgan fingerprint density at radius 3 is 2.74 bits per heavy atom. The van der Waals surface area contributed by atoms with Gasteiger partial charge in [0.25, 0.3) is 5.91 Å². The van der Waals surface area contributed by atoms with E-state index < -0.39 is 0 Å². The molecule has 0 unspecified atom stereocenters. The monoisotopic (exact) mass is 317 g/mol. The highest BCUT2D eigenvalue weighted by atomic mass is 79.9. The summed E-state index contributed by atoms with van der Waals surface area (Å²) >= 11 is 3.35. The zero-order chi connectivity index (χ0) is 13.8. The van der Waals surface area contributed by atoms with Crippen LogP contribution in [-0.4, -0.2) is 12.2 Å². The van der Waals surface area contributed by atoms with Crippen molar-refractivity contribution in [3.05, 3.63) is 63.6 Å². The van der Waals surface area contributed by atoms with Gasteiger partial charge in [0.15, 0.2) is 0 Å². The minimum absolute atomic E-state index is 0.193. The Morgan fingerprint density at radius 2 is 2.00 bits per heavy atom. The lowest BCUT2D eigenvalue weighted by Crippen LogP contribution is -2.13. The van der Waals surface area contributed by atoms with Crippen LogP contribution < -0.4 is 5.32 Å². The fourth-order valence-electron chi connectivity index (χ4n) is 1.73. The predicted octanol–water partition coefficient (Wildman–Crippen LogP) is 3.82. The van der Waals surface area contributed by atoms with E-state index in [1.807, 2.05) is 19.1 Å². The van der Waals surface area contributed by atoms with Gasteiger partial charge in [0, 0.05) is 21.3 Å². The number of rotatable bonds is 3. The summed E-state index contributed by atoms with van der Waals surface area (Å²) in [5.41, 5.74) is 2.64. The van der Waals surface area contributed by atoms with Crippen molar-refractivity contribution in [2.75, 3.05) is 5.32 Å². The normalized spacial score (nSPS) is 10.0. The maximum Gasteiger partial charge on any atom is 0.255 e. The van der Waals surface area contributed by atoms with Gasteiger partial charge in [-0.3, -0.25) is 9.59 Å². The number of aryl methyl sites for hydroxylation is 1. The SMILES string of the molecule is Cc1ccc(Br)cc1C(=O)Nc1cccc(C=O)c1. The highest BCUT2D eigenvalue weighted by Gasteiger charge is 2.10. The van der Waals surface area contributed by atoms with Gasteiger partial charge in [0.2, 0.25) is 0 Å². The maximum absolute atomic E-state index is 12.2. The molecule has 1 N–H and O–H groups in total. The standard InChI is InChI=1S/C15H12BrNO2/c1-10-5-6-12(16)8-14(10)15(19)17-13-4-2-3-11(7-13)9-18/h2-9H,1H3,(H,17,19). The molecule has 0 fully saturated rings. The maximum atomic E-state index is 12.2. The second-order valence-corrected chi connectivity index (χ2v) is 5.07. The van der Waals surface area contributed by atoms with Crippen LogP contribution in [0.4, 0.5) is 5.69 Å². The zero-order valence-corrected chi connectivity index (χ0v) is 11.9. The van der Waals surface area contributed by atoms with E-state index in [1.165, 1.54) is 0 Å². The first-order valence-corrected chi connectivity index (χ1v) is 6.52. The largest absolute Gasteiger partial charge is 0.322 e. The summed E-state index contributed by atoms with van der Waals surface area (Å²) in [6.07, 6.45) is 0.750. The van der Waals surface area contributed by atoms with Crippen molar-refractivity contribution in [1.29, 1.82) is 0 Å². The lowest BCUT2D eigenvalue weighted by Gasteiger charge is -2.08. The molecule has 0 aliphatic rings. The number of halogens is 1. The molecule has 2 aromatic rings. The molecule has 0 saturated heterocycles. The summed E-state index contributed by atoms with van der Waals surface area (Å²) in [5, 5.41) is 2.78. The lowest BCUT2D eigenvalue weighted by atomic mass is 10.1. The summed E-state index contributed by atoms with van der Waals surface area (Å²) in [7, 11) is 0. The van der Waals surface area contributed by atoms with Gasteiger partial charge >= 0.3 is 0 Å². The van der Waals surface area contributed by atoms with Crippen molar-refractivity contribution in [3.63, 3.8) is 0 Å². The second kappa shape index (κ2) is 5.80. The summed E-state index contributed by atoms with van der Waals surface area (Å²) in [6, 6.07) is 12.3. The van der Waals surface area contributed by atoms with Gasteiger partial charge in [0.05, 0.1) is 0 Å². The summed E-state index contributed by atoms with van der Waals surface area (Å²) in [6.45, 7) is 1.88. The van der Waals surface area contributed by atoms with Gasteiger partial charge < -0.3 is 5.32 Å². The summed E-state index contributed by atoms with van der Waals surface area (Å²) in [5.74, 6) is -0.193. The van der Waals surface area contributed by atoms with Crippen LogP contribution in [0, 0.1) is 6.92 Å². The van der Waals surface area contributed by atoms with Crippen LogP contribution in [0.2, 0.25) is 0 Å². The molecule has 0 radical (unpaired) electrons. The van der Waals surface area contributed by atoms with Crippen LogP contribution in [-0.2, 0) is 0 Å². The van der Waals surface area contributed by atoms with E-state index >= 15 is 0 Å². The van der Waals surface area contributed by atoms with Crippen LogP contribution in [0.15, 0.2) is 46.9 Å². The highest BCUT2D eigenvalue weighted by molar-refractivity contribution is 9.10. The first kappa shape index (κ1) is 13.5. The number of hydrogen-bond acceptors (Lipinski definition) is 2. The molecule has 19 heavy (non-hydrogen) atoms. The number of hydrogen-bond donors (Lipinski definition) is 1. The molecule has 0 atom stereocenters. The molecule has 0 spiro atoms. The zero-order valence-electron chi connectivity index (χ0n) is 10.3. The van der Waals surface area contributed by atoms with Gasteiger partial charge in [0.1, 0.15) is 6.29 Å². The van der Waals surface area contributed by atoms with Crippen molar-refractivity contribution in [2.45, 2.75) is 6.92 Å². The van der Waals surface area contributed by atoms with Gasteiger partial charge in [-0.25, -0.2) is 0 Å². The third-order valence-corrected chi connectivity index (χ3v) is 3.22. The fourth-order valence-corrected chi connectivity index (χ4v) is 2.09. The van der Waals surface area contributed by atoms with E-state index in [1.54, 1.807) is 30.3 Å². The van der Waals surface area contributed by atoms with E-state index in [0.717, 1.165) is 16.3 Å². The van der Waals surface area contributed by atoms with Gasteiger partial charge in [-0.1, -0.05) is 34.1 Å². The number of carbonyl (C=O) groups is 2. The molecule has 0 aromatic heterocycles. The van der Waals surface area contributed by atoms with E-state index in [0.29, 0.717) is 16.8 Å². The lowest BCUT2D eigenvalue weighted by molar-refractivity contribution is 0.102. The molecule has 0 aliphatic heterocycles. The van der Waals surface area contributed by atoms with Crippen LogP contribution in [0.25, 0.3) is 0 Å². The van der Waals surface area contributed by atoms with E-state index in [9.17, 15) is 9.59 Å². The Morgan fingerprint density at radius 1 is 1.21 bits per heavy atom. The fraction of sp³-hybridized carbons (Fsp3) is 0.0667. The first-order chi connectivity index (χ1) is 9.10. The molecule has 4 heteroatoms. The average Bonchev–Trinajstić information content (AvgIpc) is 2.41. The average molecular weight is 318 g/mol. The molecule has 0 heterocycles. The Labute approximate surface area is 119 Å². The van der Waals surface area contributed by atoms with Crippen molar-refractivity contribution >= 4 is 33.8 Å². The van der Waals surface area contributed by atoms with Crippen LogP contribution >= 0.6 is 15.9 Å². The molecule has 96 valence electrons. The predicted molar refractivity (Wildman–Crippen MR) is 78.7 cm³/mol. The highest BCUT2D eigenvalue weighted by Crippen LogP contribution is 2.18. The third-order valence-electron chi connectivity index (χ3n) is 2.72. The molecule has 0 aliphatic carbocycles. The summed E-state index contributed by atoms with van der Waals surface area (Å²) < 4.78 is 0.852. The molecule has 0 bridgehead atoms. The Balaban J connectivity index is 2.25. The molecular weight excluding hydrogens is 306 g/mol. The number of aldehydes is 1. The van der Waals surface area contributed by atoms with Crippen LogP contribution in [0.5, 0.6) is 0 Å². The third kappa shape index (κ3) is 3.29. The number of amides is 1. The number of carbonyl (C=O) groups excluding carboxylic acids is 2. The molecular formula is C15H12BrNO2. The van der Waals surface area contributed by atoms with Crippen molar-refractivity contribution in [3.8, 4) is 0 Å². The van der Waals surface area contributed by atoms with E-state index in [2.05, 4.69) is 21.2 Å². The molecule has 2 aromatic carbocycles. The quantitative estimate of drug-likeness (QED) is 0.875. The Kier molecular flexibility index (Phi) is 4.12. The first-order valence-electron chi connectivity index (χ1n) is 5.73. The number of nitrogens with one attached hydrogen (secondary N) is 1. The summed E-state index contributed by atoms with van der Waals surface area (Å²) in [4.78, 5) is 22.9. The van der Waals surface area contributed by atoms with E-state index in [4.69, 9.17) is 0 Å². The topological polar surface area (TPSA) is 46.2 Å². The molecule has 3 nitrogen and oxygen atoms in total. The van der Waals surface area contributed by atoms with Crippen molar-refractivity contribution < 1.29 is 9.59 Å². The Hall–Kier alpha value is -1.94.